The Morgan fingerprint density at radius 3 is 2.67 bits per heavy atom. The smallest absolute Gasteiger partial charge is 0.133 e. The fourth-order valence-corrected chi connectivity index (χ4v) is 3.68. The van der Waals surface area contributed by atoms with E-state index in [1.807, 2.05) is 17.8 Å². The van der Waals surface area contributed by atoms with Crippen LogP contribution in [-0.4, -0.2) is 18.9 Å². The maximum absolute atomic E-state index is 6.26. The van der Waals surface area contributed by atoms with Gasteiger partial charge in [-0.25, -0.2) is 0 Å². The van der Waals surface area contributed by atoms with Crippen LogP contribution in [0.1, 0.15) is 11.1 Å². The Labute approximate surface area is 139 Å². The Kier molecular flexibility index (Phi) is 6.15. The van der Waals surface area contributed by atoms with E-state index in [0.29, 0.717) is 0 Å². The van der Waals surface area contributed by atoms with Gasteiger partial charge in [0.15, 0.2) is 0 Å². The molecule has 0 saturated heterocycles. The Balaban J connectivity index is 1.91. The van der Waals surface area contributed by atoms with Crippen molar-refractivity contribution in [2.24, 2.45) is 5.73 Å². The first kappa shape index (κ1) is 16.4. The van der Waals surface area contributed by atoms with Crippen molar-refractivity contribution in [1.82, 2.24) is 0 Å². The number of thioether (sulfide) groups is 1. The molecule has 0 amide bonds. The average molecular weight is 366 g/mol. The summed E-state index contributed by atoms with van der Waals surface area (Å²) >= 11 is 5.34. The molecule has 0 bridgehead atoms. The Morgan fingerprint density at radius 2 is 2.00 bits per heavy atom. The number of ether oxygens (including phenoxy) is 1. The second kappa shape index (κ2) is 7.87. The summed E-state index contributed by atoms with van der Waals surface area (Å²) in [7, 11) is 1.67. The maximum atomic E-state index is 6.26. The van der Waals surface area contributed by atoms with Crippen LogP contribution in [0.3, 0.4) is 0 Å². The minimum atomic E-state index is 0.134. The molecule has 0 aliphatic rings. The molecule has 2 N–H and O–H groups in total. The van der Waals surface area contributed by atoms with Crippen LogP contribution < -0.4 is 10.5 Å². The molecule has 0 saturated carbocycles. The van der Waals surface area contributed by atoms with E-state index in [4.69, 9.17) is 10.5 Å². The van der Waals surface area contributed by atoms with Crippen LogP contribution in [0.2, 0.25) is 0 Å². The van der Waals surface area contributed by atoms with Crippen molar-refractivity contribution in [1.29, 1.82) is 0 Å². The number of nitrogens with two attached hydrogens (primary N) is 1. The number of rotatable bonds is 6. The van der Waals surface area contributed by atoms with Crippen molar-refractivity contribution in [3.63, 3.8) is 0 Å². The summed E-state index contributed by atoms with van der Waals surface area (Å²) in [6.45, 7) is 2.13. The standard InChI is InChI=1S/C17H20BrNOS/c1-12-5-3-4-6-17(12)21-11-14(19)9-13-7-8-16(20-2)15(18)10-13/h3-8,10,14H,9,11,19H2,1-2H3. The van der Waals surface area contributed by atoms with Crippen LogP contribution >= 0.6 is 27.7 Å². The molecule has 2 aromatic carbocycles. The Bertz CT molecular complexity index is 603. The Hall–Kier alpha value is -0.970. The minimum Gasteiger partial charge on any atom is -0.496 e. The molecule has 112 valence electrons. The number of methoxy groups -OCH3 is 1. The van der Waals surface area contributed by atoms with Crippen LogP contribution in [0.5, 0.6) is 5.75 Å². The summed E-state index contributed by atoms with van der Waals surface area (Å²) in [4.78, 5) is 1.31. The number of hydrogen-bond acceptors (Lipinski definition) is 3. The van der Waals surface area contributed by atoms with E-state index in [9.17, 15) is 0 Å². The molecule has 0 heterocycles. The summed E-state index contributed by atoms with van der Waals surface area (Å²) in [5.41, 5.74) is 8.79. The van der Waals surface area contributed by atoms with Crippen LogP contribution in [0, 0.1) is 6.92 Å². The first-order valence-electron chi connectivity index (χ1n) is 6.86. The van der Waals surface area contributed by atoms with E-state index in [1.54, 1.807) is 7.11 Å². The molecule has 1 unspecified atom stereocenters. The van der Waals surface area contributed by atoms with Gasteiger partial charge in [-0.05, 0) is 58.6 Å². The van der Waals surface area contributed by atoms with Gasteiger partial charge in [-0.2, -0.15) is 0 Å². The van der Waals surface area contributed by atoms with Crippen LogP contribution in [0.25, 0.3) is 0 Å². The molecule has 0 aliphatic heterocycles. The fourth-order valence-electron chi connectivity index (χ4n) is 2.11. The number of benzene rings is 2. The highest BCUT2D eigenvalue weighted by Gasteiger charge is 2.08. The third-order valence-corrected chi connectivity index (χ3v) is 5.24. The van der Waals surface area contributed by atoms with Gasteiger partial charge in [0.25, 0.3) is 0 Å². The fraction of sp³-hybridized carbons (Fsp3) is 0.294. The zero-order valence-electron chi connectivity index (χ0n) is 12.3. The lowest BCUT2D eigenvalue weighted by Gasteiger charge is -2.13. The van der Waals surface area contributed by atoms with Crippen LogP contribution in [0.4, 0.5) is 0 Å². The highest BCUT2D eigenvalue weighted by atomic mass is 79.9. The molecule has 0 fully saturated rings. The van der Waals surface area contributed by atoms with E-state index in [0.717, 1.165) is 22.4 Å². The summed E-state index contributed by atoms with van der Waals surface area (Å²) in [5, 5.41) is 0. The average Bonchev–Trinajstić information content (AvgIpc) is 2.46. The van der Waals surface area contributed by atoms with E-state index < -0.39 is 0 Å². The maximum Gasteiger partial charge on any atom is 0.133 e. The number of hydrogen-bond donors (Lipinski definition) is 1. The second-order valence-corrected chi connectivity index (χ2v) is 6.93. The molecule has 4 heteroatoms. The quantitative estimate of drug-likeness (QED) is 0.769. The van der Waals surface area contributed by atoms with E-state index >= 15 is 0 Å². The van der Waals surface area contributed by atoms with E-state index in [1.165, 1.54) is 16.0 Å². The van der Waals surface area contributed by atoms with Gasteiger partial charge < -0.3 is 10.5 Å². The van der Waals surface area contributed by atoms with Gasteiger partial charge in [0, 0.05) is 16.7 Å². The van der Waals surface area contributed by atoms with Gasteiger partial charge in [-0.3, -0.25) is 0 Å². The first-order valence-corrected chi connectivity index (χ1v) is 8.64. The molecule has 2 nitrogen and oxygen atoms in total. The monoisotopic (exact) mass is 365 g/mol. The third kappa shape index (κ3) is 4.77. The molecule has 21 heavy (non-hydrogen) atoms. The highest BCUT2D eigenvalue weighted by Crippen LogP contribution is 2.27. The largest absolute Gasteiger partial charge is 0.496 e. The van der Waals surface area contributed by atoms with E-state index in [2.05, 4.69) is 59.3 Å². The van der Waals surface area contributed by atoms with Crippen molar-refractivity contribution < 1.29 is 4.74 Å². The highest BCUT2D eigenvalue weighted by molar-refractivity contribution is 9.10. The van der Waals surface area contributed by atoms with Gasteiger partial charge in [0.1, 0.15) is 5.75 Å². The van der Waals surface area contributed by atoms with Gasteiger partial charge in [0.2, 0.25) is 0 Å². The molecular weight excluding hydrogens is 346 g/mol. The lowest BCUT2D eigenvalue weighted by atomic mass is 10.1. The van der Waals surface area contributed by atoms with E-state index in [-0.39, 0.29) is 6.04 Å². The topological polar surface area (TPSA) is 35.2 Å². The van der Waals surface area contributed by atoms with Gasteiger partial charge in [-0.1, -0.05) is 24.3 Å². The molecule has 0 aliphatic carbocycles. The lowest BCUT2D eigenvalue weighted by molar-refractivity contribution is 0.412. The van der Waals surface area contributed by atoms with Crippen molar-refractivity contribution >= 4 is 27.7 Å². The SMILES string of the molecule is COc1ccc(CC(N)CSc2ccccc2C)cc1Br. The molecule has 1 atom stereocenters. The molecule has 0 radical (unpaired) electrons. The summed E-state index contributed by atoms with van der Waals surface area (Å²) in [6, 6.07) is 14.7. The van der Waals surface area contributed by atoms with Gasteiger partial charge in [-0.15, -0.1) is 11.8 Å². The van der Waals surface area contributed by atoms with Gasteiger partial charge in [0.05, 0.1) is 11.6 Å². The first-order chi connectivity index (χ1) is 10.1. The number of aryl methyl sites for hydroxylation is 1. The molecule has 0 aromatic heterocycles. The number of halogens is 1. The summed E-state index contributed by atoms with van der Waals surface area (Å²) < 4.78 is 6.21. The Morgan fingerprint density at radius 1 is 1.24 bits per heavy atom. The predicted molar refractivity (Wildman–Crippen MR) is 94.3 cm³/mol. The molecule has 2 aromatic rings. The van der Waals surface area contributed by atoms with Gasteiger partial charge >= 0.3 is 0 Å². The second-order valence-electron chi connectivity index (χ2n) is 5.01. The summed E-state index contributed by atoms with van der Waals surface area (Å²) in [5.74, 6) is 1.76. The molecule has 2 rings (SSSR count). The molecular formula is C17H20BrNOS. The lowest BCUT2D eigenvalue weighted by Crippen LogP contribution is -2.25. The zero-order chi connectivity index (χ0) is 15.2. The van der Waals surface area contributed by atoms with Crippen molar-refractivity contribution in [3.05, 3.63) is 58.1 Å². The molecule has 0 spiro atoms. The summed E-state index contributed by atoms with van der Waals surface area (Å²) in [6.07, 6.45) is 0.863. The third-order valence-electron chi connectivity index (χ3n) is 3.26. The van der Waals surface area contributed by atoms with Crippen LogP contribution in [-0.2, 0) is 6.42 Å². The van der Waals surface area contributed by atoms with Crippen molar-refractivity contribution in [3.8, 4) is 5.75 Å². The predicted octanol–water partition coefficient (Wildman–Crippen LogP) is 4.43. The normalized spacial score (nSPS) is 12.2. The van der Waals surface area contributed by atoms with Crippen LogP contribution in [0.15, 0.2) is 51.8 Å². The minimum absolute atomic E-state index is 0.134. The van der Waals surface area contributed by atoms with Crippen molar-refractivity contribution in [2.75, 3.05) is 12.9 Å². The zero-order valence-corrected chi connectivity index (χ0v) is 14.7. The van der Waals surface area contributed by atoms with Crippen molar-refractivity contribution in [2.45, 2.75) is 24.3 Å².